The fourth-order valence-corrected chi connectivity index (χ4v) is 2.72. The average Bonchev–Trinajstić information content (AvgIpc) is 2.67. The Morgan fingerprint density at radius 1 is 0.846 bits per heavy atom. The molecular formula is C22H24O4. The van der Waals surface area contributed by atoms with Gasteiger partial charge < -0.3 is 9.47 Å². The molecule has 4 heteroatoms. The van der Waals surface area contributed by atoms with Gasteiger partial charge in [-0.2, -0.15) is 0 Å². The van der Waals surface area contributed by atoms with Crippen LogP contribution in [0.3, 0.4) is 0 Å². The maximum atomic E-state index is 12.5. The van der Waals surface area contributed by atoms with E-state index < -0.39 is 23.8 Å². The van der Waals surface area contributed by atoms with Gasteiger partial charge in [-0.1, -0.05) is 72.8 Å². The number of hydrogen-bond donors (Lipinski definition) is 0. The van der Waals surface area contributed by atoms with Gasteiger partial charge in [0.1, 0.15) is 0 Å². The molecule has 0 fully saturated rings. The van der Waals surface area contributed by atoms with Crippen LogP contribution in [0.4, 0.5) is 0 Å². The van der Waals surface area contributed by atoms with Crippen molar-refractivity contribution in [3.63, 3.8) is 0 Å². The van der Waals surface area contributed by atoms with Gasteiger partial charge in [0.15, 0.2) is 5.92 Å². The third kappa shape index (κ3) is 5.31. The first kappa shape index (κ1) is 19.4. The normalized spacial score (nSPS) is 12.1. The predicted molar refractivity (Wildman–Crippen MR) is 101 cm³/mol. The Morgan fingerprint density at radius 2 is 1.35 bits per heavy atom. The number of rotatable bonds is 8. The fourth-order valence-electron chi connectivity index (χ4n) is 2.72. The molecule has 0 amide bonds. The smallest absolute Gasteiger partial charge is 0.321 e. The van der Waals surface area contributed by atoms with Gasteiger partial charge in [0, 0.05) is 5.92 Å². The van der Waals surface area contributed by atoms with Crippen LogP contribution < -0.4 is 0 Å². The first-order valence-corrected chi connectivity index (χ1v) is 8.78. The maximum Gasteiger partial charge on any atom is 0.321 e. The van der Waals surface area contributed by atoms with Crippen LogP contribution in [0.5, 0.6) is 0 Å². The van der Waals surface area contributed by atoms with E-state index in [2.05, 4.69) is 0 Å². The van der Waals surface area contributed by atoms with Crippen LogP contribution in [0.15, 0.2) is 66.7 Å². The molecule has 0 aliphatic heterocycles. The molecule has 136 valence electrons. The fraction of sp³-hybridized carbons (Fsp3) is 0.273. The molecule has 0 aromatic heterocycles. The summed E-state index contributed by atoms with van der Waals surface area (Å²) in [7, 11) is 0. The van der Waals surface area contributed by atoms with Crippen LogP contribution in [0.1, 0.15) is 30.9 Å². The third-order valence-electron chi connectivity index (χ3n) is 3.92. The minimum absolute atomic E-state index is 0.207. The first-order valence-electron chi connectivity index (χ1n) is 8.78. The Labute approximate surface area is 154 Å². The standard InChI is InChI=1S/C22H24O4/c1-3-25-21(23)20(22(24)26-4-2)19(18-13-9-6-10-14-18)16-15-17-11-7-5-8-12-17/h5-16,19-20H,3-4H2,1-2H3/b16-15+/t19-/m1/s1. The van der Waals surface area contributed by atoms with Crippen LogP contribution in [0.2, 0.25) is 0 Å². The second-order valence-electron chi connectivity index (χ2n) is 5.69. The van der Waals surface area contributed by atoms with E-state index in [9.17, 15) is 9.59 Å². The predicted octanol–water partition coefficient (Wildman–Crippen LogP) is 4.23. The summed E-state index contributed by atoms with van der Waals surface area (Å²) in [6.07, 6.45) is 3.77. The van der Waals surface area contributed by atoms with Crippen molar-refractivity contribution in [3.05, 3.63) is 77.9 Å². The Balaban J connectivity index is 2.43. The summed E-state index contributed by atoms with van der Waals surface area (Å²) in [6.45, 7) is 3.85. The second kappa shape index (κ2) is 10.2. The zero-order valence-corrected chi connectivity index (χ0v) is 15.1. The van der Waals surface area contributed by atoms with Crippen molar-refractivity contribution in [1.29, 1.82) is 0 Å². The zero-order chi connectivity index (χ0) is 18.8. The summed E-state index contributed by atoms with van der Waals surface area (Å²) >= 11 is 0. The van der Waals surface area contributed by atoms with Crippen molar-refractivity contribution in [3.8, 4) is 0 Å². The maximum absolute atomic E-state index is 12.5. The molecule has 1 atom stereocenters. The lowest BCUT2D eigenvalue weighted by atomic mass is 9.85. The molecule has 0 heterocycles. The SMILES string of the molecule is CCOC(=O)C(C(=O)OCC)[C@H](/C=C/c1ccccc1)c1ccccc1. The highest BCUT2D eigenvalue weighted by Gasteiger charge is 2.37. The lowest BCUT2D eigenvalue weighted by Crippen LogP contribution is -2.32. The molecule has 0 saturated carbocycles. The number of allylic oxidation sites excluding steroid dienone is 1. The van der Waals surface area contributed by atoms with Crippen LogP contribution in [0, 0.1) is 5.92 Å². The highest BCUT2D eigenvalue weighted by atomic mass is 16.6. The van der Waals surface area contributed by atoms with E-state index in [1.54, 1.807) is 13.8 Å². The number of esters is 2. The molecule has 0 N–H and O–H groups in total. The third-order valence-corrected chi connectivity index (χ3v) is 3.92. The molecule has 0 aliphatic carbocycles. The monoisotopic (exact) mass is 352 g/mol. The summed E-state index contributed by atoms with van der Waals surface area (Å²) in [5.41, 5.74) is 1.84. The molecule has 0 bridgehead atoms. The molecule has 2 aromatic carbocycles. The molecule has 0 unspecified atom stereocenters. The minimum atomic E-state index is -1.04. The van der Waals surface area contributed by atoms with Crippen molar-refractivity contribution in [2.24, 2.45) is 5.92 Å². The van der Waals surface area contributed by atoms with Gasteiger partial charge in [0.25, 0.3) is 0 Å². The first-order chi connectivity index (χ1) is 12.7. The molecular weight excluding hydrogens is 328 g/mol. The molecule has 4 nitrogen and oxygen atoms in total. The van der Waals surface area contributed by atoms with Crippen molar-refractivity contribution in [2.45, 2.75) is 19.8 Å². The summed E-state index contributed by atoms with van der Waals surface area (Å²) in [5.74, 6) is -2.67. The molecule has 0 aliphatic rings. The minimum Gasteiger partial charge on any atom is -0.465 e. The number of hydrogen-bond acceptors (Lipinski definition) is 4. The van der Waals surface area contributed by atoms with E-state index in [4.69, 9.17) is 9.47 Å². The number of benzene rings is 2. The Bertz CT molecular complexity index is 704. The summed E-state index contributed by atoms with van der Waals surface area (Å²) in [6, 6.07) is 19.2. The van der Waals surface area contributed by atoms with Gasteiger partial charge in [-0.15, -0.1) is 0 Å². The van der Waals surface area contributed by atoms with Gasteiger partial charge in [-0.25, -0.2) is 0 Å². The van der Waals surface area contributed by atoms with E-state index in [1.165, 1.54) is 0 Å². The topological polar surface area (TPSA) is 52.6 Å². The Hall–Kier alpha value is -2.88. The number of carbonyl (C=O) groups is 2. The lowest BCUT2D eigenvalue weighted by molar-refractivity contribution is -0.162. The Morgan fingerprint density at radius 3 is 1.85 bits per heavy atom. The van der Waals surface area contributed by atoms with Crippen LogP contribution in [-0.2, 0) is 19.1 Å². The number of carbonyl (C=O) groups excluding carboxylic acids is 2. The van der Waals surface area contributed by atoms with Gasteiger partial charge in [-0.05, 0) is 25.0 Å². The highest BCUT2D eigenvalue weighted by molar-refractivity contribution is 5.96. The van der Waals surface area contributed by atoms with Crippen molar-refractivity contribution in [2.75, 3.05) is 13.2 Å². The molecule has 0 saturated heterocycles. The zero-order valence-electron chi connectivity index (χ0n) is 15.1. The van der Waals surface area contributed by atoms with E-state index in [0.29, 0.717) is 0 Å². The molecule has 2 aromatic rings. The number of ether oxygens (including phenoxy) is 2. The molecule has 26 heavy (non-hydrogen) atoms. The van der Waals surface area contributed by atoms with Crippen LogP contribution in [0.25, 0.3) is 6.08 Å². The van der Waals surface area contributed by atoms with E-state index in [1.807, 2.05) is 72.8 Å². The van der Waals surface area contributed by atoms with E-state index >= 15 is 0 Å². The van der Waals surface area contributed by atoms with Gasteiger partial charge in [-0.3, -0.25) is 9.59 Å². The largest absolute Gasteiger partial charge is 0.465 e. The molecule has 0 spiro atoms. The van der Waals surface area contributed by atoms with E-state index in [0.717, 1.165) is 11.1 Å². The lowest BCUT2D eigenvalue weighted by Gasteiger charge is -2.22. The quantitative estimate of drug-likeness (QED) is 0.527. The summed E-state index contributed by atoms with van der Waals surface area (Å²) in [4.78, 5) is 25.1. The summed E-state index contributed by atoms with van der Waals surface area (Å²) in [5, 5.41) is 0. The summed E-state index contributed by atoms with van der Waals surface area (Å²) < 4.78 is 10.3. The highest BCUT2D eigenvalue weighted by Crippen LogP contribution is 2.29. The average molecular weight is 352 g/mol. The van der Waals surface area contributed by atoms with Crippen molar-refractivity contribution < 1.29 is 19.1 Å². The van der Waals surface area contributed by atoms with Gasteiger partial charge in [0.2, 0.25) is 0 Å². The molecule has 2 rings (SSSR count). The van der Waals surface area contributed by atoms with Crippen LogP contribution >= 0.6 is 0 Å². The van der Waals surface area contributed by atoms with Gasteiger partial charge in [0.05, 0.1) is 13.2 Å². The van der Waals surface area contributed by atoms with E-state index in [-0.39, 0.29) is 13.2 Å². The van der Waals surface area contributed by atoms with Crippen molar-refractivity contribution in [1.82, 2.24) is 0 Å². The molecule has 0 radical (unpaired) electrons. The van der Waals surface area contributed by atoms with Gasteiger partial charge >= 0.3 is 11.9 Å². The van der Waals surface area contributed by atoms with Crippen molar-refractivity contribution >= 4 is 18.0 Å². The second-order valence-corrected chi connectivity index (χ2v) is 5.69. The Kier molecular flexibility index (Phi) is 7.62. The van der Waals surface area contributed by atoms with Crippen LogP contribution in [-0.4, -0.2) is 25.2 Å².